The fourth-order valence-electron chi connectivity index (χ4n) is 8.69. The third kappa shape index (κ3) is 8.55. The summed E-state index contributed by atoms with van der Waals surface area (Å²) in [6.45, 7) is 3.68. The van der Waals surface area contributed by atoms with Crippen molar-refractivity contribution in [3.8, 4) is 11.5 Å². The molecule has 4 aromatic rings. The van der Waals surface area contributed by atoms with Gasteiger partial charge in [-0.25, -0.2) is 4.79 Å². The van der Waals surface area contributed by atoms with E-state index in [9.17, 15) is 24.6 Å². The number of carbonyl (C=O) groups excluding carboxylic acids is 2. The first-order valence-corrected chi connectivity index (χ1v) is 19.8. The summed E-state index contributed by atoms with van der Waals surface area (Å²) in [7, 11) is 1.50. The first-order valence-electron chi connectivity index (χ1n) is 19.5. The molecule has 0 unspecified atom stereocenters. The molecule has 1 aliphatic carbocycles. The SMILES string of the molecule is COc1cc(C(=O)OCCCc2cccc(C3(C(=O)O[C@H]4CN5CCC4CC5)CCCCC3)c2)c(Cl)cc1CNC[C@@H](O)c1ccc(O)c2[nH]c(=O)ccc12. The zero-order valence-corrected chi connectivity index (χ0v) is 32.0. The van der Waals surface area contributed by atoms with E-state index in [1.807, 2.05) is 6.07 Å². The first-order chi connectivity index (χ1) is 26.6. The number of hydrogen-bond donors (Lipinski definition) is 4. The number of aromatic amines is 1. The van der Waals surface area contributed by atoms with Gasteiger partial charge in [-0.15, -0.1) is 0 Å². The van der Waals surface area contributed by atoms with Crippen LogP contribution in [-0.2, 0) is 32.6 Å². The highest BCUT2D eigenvalue weighted by Gasteiger charge is 2.46. The Bertz CT molecular complexity index is 2070. The van der Waals surface area contributed by atoms with Crippen LogP contribution in [0.15, 0.2) is 65.5 Å². The number of ether oxygens (including phenoxy) is 3. The van der Waals surface area contributed by atoms with Gasteiger partial charge < -0.3 is 34.7 Å². The van der Waals surface area contributed by atoms with Crippen LogP contribution in [-0.4, -0.2) is 78.0 Å². The molecular formula is C43H50ClN3O8. The minimum atomic E-state index is -0.947. The van der Waals surface area contributed by atoms with Crippen molar-refractivity contribution in [3.63, 3.8) is 0 Å². The summed E-state index contributed by atoms with van der Waals surface area (Å²) in [4.78, 5) is 43.9. The zero-order chi connectivity index (χ0) is 38.5. The van der Waals surface area contributed by atoms with Crippen molar-refractivity contribution in [1.29, 1.82) is 0 Å². The van der Waals surface area contributed by atoms with E-state index in [0.29, 0.717) is 41.0 Å². The number of aliphatic hydroxyl groups is 1. The first kappa shape index (κ1) is 38.8. The van der Waals surface area contributed by atoms with E-state index in [4.69, 9.17) is 25.8 Å². The van der Waals surface area contributed by atoms with Crippen LogP contribution in [0.2, 0.25) is 5.02 Å². The van der Waals surface area contributed by atoms with E-state index in [0.717, 1.165) is 75.7 Å². The summed E-state index contributed by atoms with van der Waals surface area (Å²) in [6, 6.07) is 17.5. The molecule has 4 N–H and O–H groups in total. The predicted octanol–water partition coefficient (Wildman–Crippen LogP) is 6.35. The Morgan fingerprint density at radius 1 is 1.05 bits per heavy atom. The molecule has 1 aromatic heterocycles. The van der Waals surface area contributed by atoms with Gasteiger partial charge in [-0.3, -0.25) is 14.5 Å². The van der Waals surface area contributed by atoms with Gasteiger partial charge in [0.1, 0.15) is 17.6 Å². The molecule has 292 valence electrons. The molecule has 3 aromatic carbocycles. The number of aliphatic hydroxyl groups excluding tert-OH is 1. The van der Waals surface area contributed by atoms with Gasteiger partial charge in [0.2, 0.25) is 5.56 Å². The molecule has 55 heavy (non-hydrogen) atoms. The number of methoxy groups -OCH3 is 1. The highest BCUT2D eigenvalue weighted by Crippen LogP contribution is 2.42. The van der Waals surface area contributed by atoms with Crippen LogP contribution < -0.4 is 15.6 Å². The number of esters is 2. The fraction of sp³-hybridized carbons (Fsp3) is 0.465. The standard InChI is InChI=1S/C43H50ClN3O8/c1-53-37-23-33(34(44)22-29(37)24-45-25-36(49)31-10-12-35(48)40-32(31)11-13-39(50)46-40)41(51)54-20-6-8-27-7-5-9-30(21-27)43(16-3-2-4-17-43)42(52)55-38-26-47-18-14-28(38)15-19-47/h5,7,9-13,21-23,28,36,38,45,48-49H,2-4,6,8,14-20,24-26H2,1H3,(H,46,50)/t36-,38+/m1/s1. The average Bonchev–Trinajstić information content (AvgIpc) is 3.20. The predicted molar refractivity (Wildman–Crippen MR) is 210 cm³/mol. The van der Waals surface area contributed by atoms with E-state index in [2.05, 4.69) is 33.4 Å². The lowest BCUT2D eigenvalue weighted by Gasteiger charge is -2.45. The Kier molecular flexibility index (Phi) is 12.1. The number of H-pyrrole nitrogens is 1. The Morgan fingerprint density at radius 3 is 2.60 bits per heavy atom. The largest absolute Gasteiger partial charge is 0.506 e. The zero-order valence-electron chi connectivity index (χ0n) is 31.3. The van der Waals surface area contributed by atoms with Crippen LogP contribution >= 0.6 is 11.6 Å². The lowest BCUT2D eigenvalue weighted by atomic mass is 9.69. The number of rotatable bonds is 14. The molecule has 12 heteroatoms. The van der Waals surface area contributed by atoms with Gasteiger partial charge >= 0.3 is 11.9 Å². The maximum absolute atomic E-state index is 14.0. The monoisotopic (exact) mass is 771 g/mol. The second-order valence-electron chi connectivity index (χ2n) is 15.2. The summed E-state index contributed by atoms with van der Waals surface area (Å²) in [5.74, 6) is 0.205. The molecule has 3 saturated heterocycles. The van der Waals surface area contributed by atoms with E-state index >= 15 is 0 Å². The second-order valence-corrected chi connectivity index (χ2v) is 15.6. The van der Waals surface area contributed by atoms with Crippen LogP contribution in [0.5, 0.6) is 11.5 Å². The molecule has 1 saturated carbocycles. The molecule has 0 radical (unpaired) electrons. The maximum Gasteiger partial charge on any atom is 0.339 e. The molecule has 4 fully saturated rings. The van der Waals surface area contributed by atoms with Crippen molar-refractivity contribution in [2.75, 3.05) is 39.9 Å². The number of phenols is 1. The van der Waals surface area contributed by atoms with Crippen molar-refractivity contribution < 1.29 is 34.0 Å². The van der Waals surface area contributed by atoms with Gasteiger partial charge in [0.25, 0.3) is 0 Å². The third-order valence-electron chi connectivity index (χ3n) is 11.8. The molecule has 0 spiro atoms. The molecule has 0 amide bonds. The van der Waals surface area contributed by atoms with Gasteiger partial charge in [0.15, 0.2) is 0 Å². The van der Waals surface area contributed by atoms with Gasteiger partial charge in [-0.1, -0.05) is 61.2 Å². The van der Waals surface area contributed by atoms with Crippen LogP contribution in [0.3, 0.4) is 0 Å². The number of hydrogen-bond acceptors (Lipinski definition) is 10. The Labute approximate surface area is 325 Å². The molecule has 4 aliphatic rings. The number of phenolic OH excluding ortho intramolecular Hbond substituents is 1. The number of halogens is 1. The van der Waals surface area contributed by atoms with Crippen molar-refractivity contribution in [2.45, 2.75) is 82.0 Å². The summed E-state index contributed by atoms with van der Waals surface area (Å²) >= 11 is 6.58. The minimum absolute atomic E-state index is 0.0125. The number of pyridine rings is 1. The quantitative estimate of drug-likeness (QED) is 0.0844. The minimum Gasteiger partial charge on any atom is -0.506 e. The number of aromatic nitrogens is 1. The van der Waals surface area contributed by atoms with E-state index < -0.39 is 17.5 Å². The summed E-state index contributed by atoms with van der Waals surface area (Å²) < 4.78 is 17.6. The van der Waals surface area contributed by atoms with Crippen LogP contribution in [0, 0.1) is 5.92 Å². The van der Waals surface area contributed by atoms with Gasteiger partial charge in [0.05, 0.1) is 41.3 Å². The van der Waals surface area contributed by atoms with Gasteiger partial charge in [-0.05, 0) is 98.5 Å². The number of carbonyl (C=O) groups is 2. The summed E-state index contributed by atoms with van der Waals surface area (Å²) in [5, 5.41) is 25.0. The summed E-state index contributed by atoms with van der Waals surface area (Å²) in [5.41, 5.74) is 2.82. The molecule has 8 rings (SSSR count). The Hall–Kier alpha value is -4.42. The molecular weight excluding hydrogens is 722 g/mol. The highest BCUT2D eigenvalue weighted by atomic mass is 35.5. The number of piperidine rings is 3. The maximum atomic E-state index is 14.0. The molecule has 4 heterocycles. The van der Waals surface area contributed by atoms with E-state index in [1.54, 1.807) is 24.3 Å². The van der Waals surface area contributed by atoms with E-state index in [1.165, 1.54) is 19.2 Å². The molecule has 2 bridgehead atoms. The van der Waals surface area contributed by atoms with Gasteiger partial charge in [0, 0.05) is 36.7 Å². The normalized spacial score (nSPS) is 20.9. The Morgan fingerprint density at radius 2 is 1.85 bits per heavy atom. The molecule has 2 atom stereocenters. The van der Waals surface area contributed by atoms with E-state index in [-0.39, 0.29) is 59.2 Å². The number of nitrogens with zero attached hydrogens (tertiary/aromatic N) is 1. The number of fused-ring (bicyclic) bond motifs is 4. The van der Waals surface area contributed by atoms with Gasteiger partial charge in [-0.2, -0.15) is 0 Å². The van der Waals surface area contributed by atoms with Crippen molar-refractivity contribution in [2.24, 2.45) is 5.92 Å². The fourth-order valence-corrected chi connectivity index (χ4v) is 8.95. The second kappa shape index (κ2) is 17.2. The summed E-state index contributed by atoms with van der Waals surface area (Å²) in [6.07, 6.45) is 7.27. The lowest BCUT2D eigenvalue weighted by molar-refractivity contribution is -0.167. The van der Waals surface area contributed by atoms with Crippen LogP contribution in [0.1, 0.15) is 90.1 Å². The average molecular weight is 772 g/mol. The molecule has 3 aliphatic heterocycles. The van der Waals surface area contributed by atoms with Crippen molar-refractivity contribution >= 4 is 34.4 Å². The smallest absolute Gasteiger partial charge is 0.339 e. The third-order valence-corrected chi connectivity index (χ3v) is 12.1. The van der Waals surface area contributed by atoms with Crippen molar-refractivity contribution in [1.82, 2.24) is 15.2 Å². The topological polar surface area (TPSA) is 150 Å². The van der Waals surface area contributed by atoms with Crippen molar-refractivity contribution in [3.05, 3.63) is 104 Å². The number of benzene rings is 3. The van der Waals surface area contributed by atoms with Crippen LogP contribution in [0.25, 0.3) is 10.9 Å². The van der Waals surface area contributed by atoms with Crippen LogP contribution in [0.4, 0.5) is 0 Å². The Balaban J connectivity index is 0.929. The number of nitrogens with one attached hydrogen (secondary N) is 2. The molecule has 11 nitrogen and oxygen atoms in total. The number of aryl methyl sites for hydroxylation is 1. The number of aromatic hydroxyl groups is 1. The lowest BCUT2D eigenvalue weighted by Crippen LogP contribution is -2.53. The highest BCUT2D eigenvalue weighted by molar-refractivity contribution is 6.33.